The molecule has 1 heterocycles. The first-order chi connectivity index (χ1) is 8.10. The highest BCUT2D eigenvalue weighted by molar-refractivity contribution is 5.27. The van der Waals surface area contributed by atoms with Crippen molar-refractivity contribution in [2.45, 2.75) is 44.6 Å². The van der Waals surface area contributed by atoms with Crippen LogP contribution in [-0.2, 0) is 5.92 Å². The van der Waals surface area contributed by atoms with Crippen LogP contribution in [0.3, 0.4) is 0 Å². The summed E-state index contributed by atoms with van der Waals surface area (Å²) in [7, 11) is 0. The second kappa shape index (κ2) is 5.13. The standard InChI is InChI=1S/C14H19F2N/c1-11-6-5-7-12(10-11)14(15,16)13-8-3-2-4-9-17-13/h5-7,10,13,17H,2-4,8-9H2,1H3. The predicted octanol–water partition coefficient (Wildman–Crippen LogP) is 3.62. The molecule has 1 nitrogen and oxygen atoms in total. The second-order valence-electron chi connectivity index (χ2n) is 4.85. The van der Waals surface area contributed by atoms with Crippen molar-refractivity contribution in [3.63, 3.8) is 0 Å². The minimum Gasteiger partial charge on any atom is -0.308 e. The quantitative estimate of drug-likeness (QED) is 0.831. The Morgan fingerprint density at radius 3 is 2.82 bits per heavy atom. The summed E-state index contributed by atoms with van der Waals surface area (Å²) in [5, 5.41) is 2.99. The minimum atomic E-state index is -2.77. The van der Waals surface area contributed by atoms with Crippen LogP contribution >= 0.6 is 0 Å². The number of hydrogen-bond donors (Lipinski definition) is 1. The van der Waals surface area contributed by atoms with Crippen LogP contribution in [0.15, 0.2) is 24.3 Å². The molecule has 1 atom stereocenters. The predicted molar refractivity (Wildman–Crippen MR) is 65.3 cm³/mol. The van der Waals surface area contributed by atoms with Gasteiger partial charge in [0, 0.05) is 5.56 Å². The van der Waals surface area contributed by atoms with Crippen molar-refractivity contribution in [2.75, 3.05) is 6.54 Å². The minimum absolute atomic E-state index is 0.136. The molecule has 94 valence electrons. The average molecular weight is 239 g/mol. The van der Waals surface area contributed by atoms with E-state index in [-0.39, 0.29) is 5.56 Å². The second-order valence-corrected chi connectivity index (χ2v) is 4.85. The molecule has 1 aromatic rings. The van der Waals surface area contributed by atoms with Gasteiger partial charge in [0.05, 0.1) is 6.04 Å². The normalized spacial score (nSPS) is 22.2. The van der Waals surface area contributed by atoms with Crippen molar-refractivity contribution < 1.29 is 8.78 Å². The van der Waals surface area contributed by atoms with E-state index in [1.54, 1.807) is 12.1 Å². The Bertz CT molecular complexity index is 368. The highest BCUT2D eigenvalue weighted by Crippen LogP contribution is 2.35. The Balaban J connectivity index is 2.21. The Labute approximate surface area is 101 Å². The van der Waals surface area contributed by atoms with Gasteiger partial charge in [-0.05, 0) is 26.3 Å². The van der Waals surface area contributed by atoms with Crippen LogP contribution < -0.4 is 5.32 Å². The summed E-state index contributed by atoms with van der Waals surface area (Å²) in [5.74, 6) is -2.77. The number of halogens is 2. The van der Waals surface area contributed by atoms with E-state index in [1.807, 2.05) is 13.0 Å². The van der Waals surface area contributed by atoms with Crippen LogP contribution in [0.5, 0.6) is 0 Å². The smallest absolute Gasteiger partial charge is 0.288 e. The summed E-state index contributed by atoms with van der Waals surface area (Å²) in [6.45, 7) is 2.55. The number of benzene rings is 1. The van der Waals surface area contributed by atoms with Crippen molar-refractivity contribution in [3.8, 4) is 0 Å². The third kappa shape index (κ3) is 2.83. The van der Waals surface area contributed by atoms with Crippen molar-refractivity contribution in [2.24, 2.45) is 0 Å². The summed E-state index contributed by atoms with van der Waals surface area (Å²) in [6.07, 6.45) is 3.49. The summed E-state index contributed by atoms with van der Waals surface area (Å²) in [6, 6.07) is 5.95. The molecule has 0 amide bonds. The maximum Gasteiger partial charge on any atom is 0.288 e. The Morgan fingerprint density at radius 2 is 2.06 bits per heavy atom. The van der Waals surface area contributed by atoms with E-state index >= 15 is 0 Å². The van der Waals surface area contributed by atoms with E-state index in [0.29, 0.717) is 13.0 Å². The van der Waals surface area contributed by atoms with Crippen molar-refractivity contribution >= 4 is 0 Å². The molecule has 1 aliphatic rings. The zero-order chi connectivity index (χ0) is 12.3. The fraction of sp³-hybridized carbons (Fsp3) is 0.571. The molecule has 1 aliphatic heterocycles. The lowest BCUT2D eigenvalue weighted by Crippen LogP contribution is -2.42. The molecule has 0 aromatic heterocycles. The van der Waals surface area contributed by atoms with Gasteiger partial charge in [-0.3, -0.25) is 0 Å². The fourth-order valence-corrected chi connectivity index (χ4v) is 2.39. The molecular formula is C14H19F2N. The molecular weight excluding hydrogens is 220 g/mol. The number of aryl methyl sites for hydroxylation is 1. The van der Waals surface area contributed by atoms with E-state index in [9.17, 15) is 8.78 Å². The van der Waals surface area contributed by atoms with Crippen LogP contribution in [-0.4, -0.2) is 12.6 Å². The summed E-state index contributed by atoms with van der Waals surface area (Å²) in [5.41, 5.74) is 1.02. The van der Waals surface area contributed by atoms with Gasteiger partial charge in [-0.25, -0.2) is 0 Å². The first-order valence-corrected chi connectivity index (χ1v) is 6.29. The number of nitrogens with one attached hydrogen (secondary N) is 1. The van der Waals surface area contributed by atoms with E-state index in [1.165, 1.54) is 6.07 Å². The Hall–Kier alpha value is -0.960. The molecule has 3 heteroatoms. The molecule has 0 spiro atoms. The van der Waals surface area contributed by atoms with E-state index in [0.717, 1.165) is 24.8 Å². The van der Waals surface area contributed by atoms with Gasteiger partial charge in [-0.2, -0.15) is 8.78 Å². The molecule has 1 aromatic carbocycles. The van der Waals surface area contributed by atoms with Gasteiger partial charge in [0.25, 0.3) is 5.92 Å². The third-order valence-corrected chi connectivity index (χ3v) is 3.40. The van der Waals surface area contributed by atoms with Gasteiger partial charge in [-0.1, -0.05) is 42.7 Å². The van der Waals surface area contributed by atoms with Gasteiger partial charge in [0.1, 0.15) is 0 Å². The third-order valence-electron chi connectivity index (χ3n) is 3.40. The number of rotatable bonds is 2. The zero-order valence-electron chi connectivity index (χ0n) is 10.2. The average Bonchev–Trinajstić information content (AvgIpc) is 2.58. The first kappa shape index (κ1) is 12.5. The molecule has 0 radical (unpaired) electrons. The molecule has 0 bridgehead atoms. The van der Waals surface area contributed by atoms with Crippen molar-refractivity contribution in [1.82, 2.24) is 5.32 Å². The Morgan fingerprint density at radius 1 is 1.24 bits per heavy atom. The van der Waals surface area contributed by atoms with Crippen molar-refractivity contribution in [3.05, 3.63) is 35.4 Å². The first-order valence-electron chi connectivity index (χ1n) is 6.29. The van der Waals surface area contributed by atoms with Gasteiger partial charge in [0.15, 0.2) is 0 Å². The summed E-state index contributed by atoms with van der Waals surface area (Å²) in [4.78, 5) is 0. The highest BCUT2D eigenvalue weighted by atomic mass is 19.3. The van der Waals surface area contributed by atoms with Gasteiger partial charge in [0.2, 0.25) is 0 Å². The molecule has 0 aliphatic carbocycles. The largest absolute Gasteiger partial charge is 0.308 e. The maximum atomic E-state index is 14.3. The zero-order valence-corrected chi connectivity index (χ0v) is 10.2. The van der Waals surface area contributed by atoms with Crippen LogP contribution in [0, 0.1) is 6.92 Å². The van der Waals surface area contributed by atoms with Crippen LogP contribution in [0.1, 0.15) is 36.8 Å². The lowest BCUT2D eigenvalue weighted by molar-refractivity contribution is -0.0448. The summed E-state index contributed by atoms with van der Waals surface area (Å²) >= 11 is 0. The SMILES string of the molecule is Cc1cccc(C(F)(F)C2CCCCCN2)c1. The highest BCUT2D eigenvalue weighted by Gasteiger charge is 2.41. The number of hydrogen-bond acceptors (Lipinski definition) is 1. The maximum absolute atomic E-state index is 14.3. The van der Waals surface area contributed by atoms with Crippen LogP contribution in [0.2, 0.25) is 0 Å². The molecule has 1 unspecified atom stereocenters. The lowest BCUT2D eigenvalue weighted by atomic mass is 9.96. The number of alkyl halides is 2. The molecule has 1 saturated heterocycles. The molecule has 1 N–H and O–H groups in total. The summed E-state index contributed by atoms with van der Waals surface area (Å²) < 4.78 is 28.7. The van der Waals surface area contributed by atoms with Crippen LogP contribution in [0.4, 0.5) is 8.78 Å². The van der Waals surface area contributed by atoms with Crippen molar-refractivity contribution in [1.29, 1.82) is 0 Å². The lowest BCUT2D eigenvalue weighted by Gasteiger charge is -2.27. The van der Waals surface area contributed by atoms with E-state index < -0.39 is 12.0 Å². The van der Waals surface area contributed by atoms with E-state index in [4.69, 9.17) is 0 Å². The monoisotopic (exact) mass is 239 g/mol. The van der Waals surface area contributed by atoms with Gasteiger partial charge in [-0.15, -0.1) is 0 Å². The van der Waals surface area contributed by atoms with Gasteiger partial charge >= 0.3 is 0 Å². The molecule has 1 fully saturated rings. The molecule has 0 saturated carbocycles. The fourth-order valence-electron chi connectivity index (χ4n) is 2.39. The molecule has 17 heavy (non-hydrogen) atoms. The molecule has 2 rings (SSSR count). The Kier molecular flexibility index (Phi) is 3.77. The van der Waals surface area contributed by atoms with Crippen LogP contribution in [0.25, 0.3) is 0 Å². The van der Waals surface area contributed by atoms with E-state index in [2.05, 4.69) is 5.32 Å². The topological polar surface area (TPSA) is 12.0 Å². The van der Waals surface area contributed by atoms with Gasteiger partial charge < -0.3 is 5.32 Å².